The van der Waals surface area contributed by atoms with E-state index >= 15 is 0 Å². The van der Waals surface area contributed by atoms with E-state index in [4.69, 9.17) is 11.6 Å². The van der Waals surface area contributed by atoms with E-state index in [-0.39, 0.29) is 11.3 Å². The van der Waals surface area contributed by atoms with Gasteiger partial charge in [0.15, 0.2) is 6.29 Å². The Hall–Kier alpha value is -2.84. The topological polar surface area (TPSA) is 88.1 Å². The molecule has 1 unspecified atom stereocenters. The van der Waals surface area contributed by atoms with Gasteiger partial charge in [0.2, 0.25) is 15.8 Å². The summed E-state index contributed by atoms with van der Waals surface area (Å²) < 4.78 is 0. The van der Waals surface area contributed by atoms with E-state index in [2.05, 4.69) is 20.3 Å². The highest BCUT2D eigenvalue weighted by Crippen LogP contribution is 2.40. The second-order valence-corrected chi connectivity index (χ2v) is 9.48. The van der Waals surface area contributed by atoms with Crippen LogP contribution >= 0.6 is 22.1 Å². The molecule has 0 saturated carbocycles. The minimum absolute atomic E-state index is 0.0548. The van der Waals surface area contributed by atoms with Gasteiger partial charge in [-0.1, -0.05) is 11.6 Å². The van der Waals surface area contributed by atoms with Gasteiger partial charge >= 0.3 is 5.24 Å². The molecule has 1 aliphatic heterocycles. The summed E-state index contributed by atoms with van der Waals surface area (Å²) in [7, 11) is -0.718. The summed E-state index contributed by atoms with van der Waals surface area (Å²) in [5, 5.41) is 4.77. The number of nitrogens with one attached hydrogen (secondary N) is 1. The molecule has 154 valence electrons. The number of likely N-dealkylation sites (tertiary alicyclic amines) is 1. The van der Waals surface area contributed by atoms with Crippen LogP contribution < -0.4 is 5.32 Å². The van der Waals surface area contributed by atoms with Crippen LogP contribution in [0.2, 0.25) is 5.02 Å². The lowest BCUT2D eigenvalue weighted by molar-refractivity contribution is 0.112. The summed E-state index contributed by atoms with van der Waals surface area (Å²) >= 11 is 6.02. The third-order valence-corrected chi connectivity index (χ3v) is 7.41. The molecular formula is C21H21ClN5O2S+. The second-order valence-electron chi connectivity index (χ2n) is 7.05. The van der Waals surface area contributed by atoms with Crippen molar-refractivity contribution in [1.82, 2.24) is 19.9 Å². The van der Waals surface area contributed by atoms with Crippen molar-refractivity contribution in [2.75, 3.05) is 18.4 Å². The van der Waals surface area contributed by atoms with Gasteiger partial charge in [0, 0.05) is 43.0 Å². The fraction of sp³-hybridized carbons (Fsp3) is 0.286. The van der Waals surface area contributed by atoms with Crippen molar-refractivity contribution >= 4 is 39.5 Å². The van der Waals surface area contributed by atoms with Crippen LogP contribution in [0.3, 0.4) is 0 Å². The summed E-state index contributed by atoms with van der Waals surface area (Å²) in [6.45, 7) is 3.19. The largest absolute Gasteiger partial charge is 0.461 e. The highest BCUT2D eigenvalue weighted by Gasteiger charge is 2.39. The Morgan fingerprint density at radius 1 is 1.23 bits per heavy atom. The fourth-order valence-electron chi connectivity index (χ4n) is 3.55. The Balaban J connectivity index is 1.51. The molecule has 2 atom stereocenters. The Labute approximate surface area is 182 Å². The number of aryl methyl sites for hydroxylation is 1. The van der Waals surface area contributed by atoms with Crippen molar-refractivity contribution < 1.29 is 9.59 Å². The third-order valence-electron chi connectivity index (χ3n) is 5.10. The summed E-state index contributed by atoms with van der Waals surface area (Å²) in [5.74, 6) is 0.447. The van der Waals surface area contributed by atoms with Gasteiger partial charge in [-0.15, -0.1) is 0 Å². The number of thiazole rings is 1. The molecule has 1 aromatic carbocycles. The minimum atomic E-state index is -0.718. The summed E-state index contributed by atoms with van der Waals surface area (Å²) in [5.41, 5.74) is 1.39. The lowest BCUT2D eigenvalue weighted by Gasteiger charge is -2.21. The molecule has 0 aliphatic carbocycles. The third kappa shape index (κ3) is 4.20. The standard InChI is InChI=1S/C21H20ClN5O2S/c1-14-23-12-19(16-4-6-17(22)7-5-16)30(14)21(29)27-8-2-3-18(27)11-26-20-24-9-15(13-28)10-25-20/h4-7,9-10,12-13,18H,2-3,8,11H2,1H3/p+1/t18-,30?/m0/s1. The first-order chi connectivity index (χ1) is 14.6. The van der Waals surface area contributed by atoms with Gasteiger partial charge in [0.1, 0.15) is 10.5 Å². The summed E-state index contributed by atoms with van der Waals surface area (Å²) in [6.07, 6.45) is 7.32. The maximum Gasteiger partial charge on any atom is 0.461 e. The number of benzene rings is 1. The van der Waals surface area contributed by atoms with Gasteiger partial charge in [-0.05, 0) is 37.1 Å². The summed E-state index contributed by atoms with van der Waals surface area (Å²) in [6, 6.07) is 7.57. The minimum Gasteiger partial charge on any atom is -0.352 e. The number of nitrogens with zero attached hydrogens (tertiary/aromatic N) is 4. The highest BCUT2D eigenvalue weighted by molar-refractivity contribution is 7.53. The molecule has 7 nitrogen and oxygen atoms in total. The van der Waals surface area contributed by atoms with Crippen molar-refractivity contribution in [3.8, 4) is 10.4 Å². The number of hydrogen-bond acceptors (Lipinski definition) is 6. The van der Waals surface area contributed by atoms with E-state index in [1.807, 2.05) is 36.1 Å². The molecule has 0 spiro atoms. The number of anilines is 1. The molecule has 1 aliphatic rings. The molecule has 3 heterocycles. The van der Waals surface area contributed by atoms with Crippen LogP contribution in [-0.2, 0) is 0 Å². The predicted molar refractivity (Wildman–Crippen MR) is 118 cm³/mol. The Morgan fingerprint density at radius 3 is 2.67 bits per heavy atom. The lowest BCUT2D eigenvalue weighted by atomic mass is 10.2. The van der Waals surface area contributed by atoms with Crippen molar-refractivity contribution in [3.63, 3.8) is 0 Å². The number of amides is 1. The average molecular weight is 443 g/mol. The van der Waals surface area contributed by atoms with Crippen molar-refractivity contribution in [3.05, 3.63) is 58.4 Å². The van der Waals surface area contributed by atoms with Gasteiger partial charge in [0.05, 0.1) is 17.8 Å². The van der Waals surface area contributed by atoms with E-state index in [9.17, 15) is 9.59 Å². The van der Waals surface area contributed by atoms with E-state index in [1.165, 1.54) is 12.4 Å². The molecular weight excluding hydrogens is 422 g/mol. The molecule has 3 aromatic rings. The van der Waals surface area contributed by atoms with Crippen LogP contribution in [0.15, 0.2) is 42.9 Å². The van der Waals surface area contributed by atoms with Crippen LogP contribution in [0, 0.1) is 6.92 Å². The lowest BCUT2D eigenvalue weighted by Crippen LogP contribution is -2.38. The molecule has 1 saturated heterocycles. The first kappa shape index (κ1) is 20.4. The van der Waals surface area contributed by atoms with Crippen LogP contribution in [0.4, 0.5) is 10.7 Å². The van der Waals surface area contributed by atoms with Gasteiger partial charge < -0.3 is 5.32 Å². The van der Waals surface area contributed by atoms with Crippen molar-refractivity contribution in [1.29, 1.82) is 0 Å². The number of aldehydes is 1. The van der Waals surface area contributed by atoms with Gasteiger partial charge in [0.25, 0.3) is 0 Å². The number of hydrogen-bond donors (Lipinski definition) is 1. The van der Waals surface area contributed by atoms with Gasteiger partial charge in [-0.3, -0.25) is 9.69 Å². The summed E-state index contributed by atoms with van der Waals surface area (Å²) in [4.78, 5) is 39.8. The number of halogens is 1. The quantitative estimate of drug-likeness (QED) is 0.443. The zero-order valence-electron chi connectivity index (χ0n) is 16.4. The Morgan fingerprint density at radius 2 is 1.97 bits per heavy atom. The zero-order valence-corrected chi connectivity index (χ0v) is 18.0. The zero-order chi connectivity index (χ0) is 21.1. The van der Waals surface area contributed by atoms with Crippen molar-refractivity contribution in [2.24, 2.45) is 0 Å². The SMILES string of the molecule is Cc1ncc(-c2ccc(Cl)cc2)[s+]1C(=O)N1CCC[C@H]1CNc1ncc(C=O)cn1. The molecule has 1 fully saturated rings. The molecule has 4 rings (SSSR count). The number of rotatable bonds is 6. The molecule has 2 aromatic heterocycles. The van der Waals surface area contributed by atoms with Crippen LogP contribution in [-0.4, -0.2) is 50.5 Å². The van der Waals surface area contributed by atoms with Gasteiger partial charge in [-0.2, -0.15) is 0 Å². The molecule has 0 radical (unpaired) electrons. The van der Waals surface area contributed by atoms with Crippen molar-refractivity contribution in [2.45, 2.75) is 25.8 Å². The maximum atomic E-state index is 13.5. The van der Waals surface area contributed by atoms with E-state index in [0.717, 1.165) is 34.8 Å². The molecule has 0 bridgehead atoms. The predicted octanol–water partition coefficient (Wildman–Crippen LogP) is 4.61. The molecule has 30 heavy (non-hydrogen) atoms. The molecule has 1 N–H and O–H groups in total. The van der Waals surface area contributed by atoms with Crippen LogP contribution in [0.5, 0.6) is 0 Å². The average Bonchev–Trinajstić information content (AvgIpc) is 3.39. The maximum absolute atomic E-state index is 13.5. The molecule has 9 heteroatoms. The van der Waals surface area contributed by atoms with E-state index < -0.39 is 10.5 Å². The smallest absolute Gasteiger partial charge is 0.352 e. The number of aromatic nitrogens is 3. The number of carbonyl (C=O) groups excluding carboxylic acids is 2. The Kier molecular flexibility index (Phi) is 6.06. The molecule has 1 amide bonds. The van der Waals surface area contributed by atoms with Crippen LogP contribution in [0.25, 0.3) is 10.4 Å². The monoisotopic (exact) mass is 442 g/mol. The van der Waals surface area contributed by atoms with Gasteiger partial charge in [-0.25, -0.2) is 19.7 Å². The Bertz CT molecular complexity index is 1050. The first-order valence-electron chi connectivity index (χ1n) is 9.63. The first-order valence-corrected chi connectivity index (χ1v) is 11.2. The highest BCUT2D eigenvalue weighted by atomic mass is 35.5. The van der Waals surface area contributed by atoms with E-state index in [1.54, 1.807) is 6.20 Å². The van der Waals surface area contributed by atoms with Crippen LogP contribution in [0.1, 0.15) is 28.2 Å². The van der Waals surface area contributed by atoms with E-state index in [0.29, 0.717) is 29.4 Å². The fourth-order valence-corrected chi connectivity index (χ4v) is 5.59. The number of carbonyl (C=O) groups is 2. The second kappa shape index (κ2) is 8.89. The normalized spacial score (nSPS) is 16.5.